The number of alkyl halides is 4. The third-order valence-electron chi connectivity index (χ3n) is 4.80. The van der Waals surface area contributed by atoms with Crippen LogP contribution in [-0.2, 0) is 16.6 Å². The molecule has 1 amide bonds. The molecule has 3 nitrogen and oxygen atoms in total. The van der Waals surface area contributed by atoms with Gasteiger partial charge in [0.25, 0.3) is 0 Å². The van der Waals surface area contributed by atoms with Crippen LogP contribution in [-0.4, -0.2) is 30.4 Å². The summed E-state index contributed by atoms with van der Waals surface area (Å²) in [4.78, 5) is 14.0. The van der Waals surface area contributed by atoms with E-state index in [0.717, 1.165) is 12.1 Å². The molecule has 1 aliphatic heterocycles. The first-order chi connectivity index (χ1) is 12.8. The minimum absolute atomic E-state index is 0.0753. The molecule has 3 rings (SSSR count). The molecule has 0 unspecified atom stereocenters. The average molecular weight is 380 g/mol. The molecule has 7 heteroatoms. The number of piperidine rings is 1. The highest BCUT2D eigenvalue weighted by atomic mass is 19.4. The molecule has 0 radical (unpaired) electrons. The summed E-state index contributed by atoms with van der Waals surface area (Å²) in [6.07, 6.45) is -3.82. The Morgan fingerprint density at radius 1 is 1.00 bits per heavy atom. The monoisotopic (exact) mass is 380 g/mol. The van der Waals surface area contributed by atoms with Gasteiger partial charge < -0.3 is 5.32 Å². The third-order valence-corrected chi connectivity index (χ3v) is 4.80. The summed E-state index contributed by atoms with van der Waals surface area (Å²) < 4.78 is 52.7. The molecule has 0 spiro atoms. The second kappa shape index (κ2) is 7.68. The second-order valence-electron chi connectivity index (χ2n) is 6.73. The van der Waals surface area contributed by atoms with Gasteiger partial charge in [0.2, 0.25) is 5.91 Å². The summed E-state index contributed by atoms with van der Waals surface area (Å²) in [6, 6.07) is 13.3. The van der Waals surface area contributed by atoms with Crippen LogP contribution in [0.15, 0.2) is 54.6 Å². The fourth-order valence-electron chi connectivity index (χ4n) is 3.24. The number of likely N-dealkylation sites (tertiary alicyclic amines) is 1. The first-order valence-corrected chi connectivity index (χ1v) is 8.70. The zero-order valence-corrected chi connectivity index (χ0v) is 14.6. The van der Waals surface area contributed by atoms with Crippen molar-refractivity contribution in [2.24, 2.45) is 0 Å². The number of anilines is 1. The lowest BCUT2D eigenvalue weighted by Gasteiger charge is -2.36. The van der Waals surface area contributed by atoms with Crippen LogP contribution in [0.25, 0.3) is 0 Å². The maximum absolute atomic E-state index is 15.1. The van der Waals surface area contributed by atoms with E-state index in [0.29, 0.717) is 37.2 Å². The molecule has 27 heavy (non-hydrogen) atoms. The predicted octanol–water partition coefficient (Wildman–Crippen LogP) is 4.60. The second-order valence-corrected chi connectivity index (χ2v) is 6.73. The molecule has 1 aliphatic rings. The first kappa shape index (κ1) is 19.4. The van der Waals surface area contributed by atoms with E-state index in [-0.39, 0.29) is 12.5 Å². The van der Waals surface area contributed by atoms with Crippen molar-refractivity contribution < 1.29 is 22.4 Å². The molecule has 0 aromatic heterocycles. The van der Waals surface area contributed by atoms with Crippen LogP contribution >= 0.6 is 0 Å². The Balaban J connectivity index is 1.51. The minimum Gasteiger partial charge on any atom is -0.325 e. The summed E-state index contributed by atoms with van der Waals surface area (Å²) in [6.45, 7) is 0.948. The van der Waals surface area contributed by atoms with Crippen molar-refractivity contribution in [3.8, 4) is 0 Å². The maximum atomic E-state index is 15.1. The number of carbonyl (C=O) groups excluding carboxylic acids is 1. The van der Waals surface area contributed by atoms with E-state index >= 15 is 4.39 Å². The van der Waals surface area contributed by atoms with Gasteiger partial charge in [0.1, 0.15) is 5.67 Å². The predicted molar refractivity (Wildman–Crippen MR) is 95.0 cm³/mol. The van der Waals surface area contributed by atoms with Gasteiger partial charge in [0.15, 0.2) is 0 Å². The molecule has 1 saturated heterocycles. The van der Waals surface area contributed by atoms with E-state index in [1.165, 1.54) is 12.1 Å². The van der Waals surface area contributed by atoms with Gasteiger partial charge in [-0.3, -0.25) is 9.69 Å². The molecule has 0 aliphatic carbocycles. The number of nitrogens with zero attached hydrogens (tertiary/aromatic N) is 1. The highest BCUT2D eigenvalue weighted by Gasteiger charge is 2.36. The zero-order valence-electron chi connectivity index (χ0n) is 14.6. The summed E-state index contributed by atoms with van der Waals surface area (Å²) in [5.41, 5.74) is -1.20. The van der Waals surface area contributed by atoms with Gasteiger partial charge in [-0.25, -0.2) is 4.39 Å². The van der Waals surface area contributed by atoms with Crippen LogP contribution in [0.5, 0.6) is 0 Å². The smallest absolute Gasteiger partial charge is 0.325 e. The summed E-state index contributed by atoms with van der Waals surface area (Å²) in [5, 5.41) is 2.58. The van der Waals surface area contributed by atoms with Gasteiger partial charge in [-0.1, -0.05) is 30.3 Å². The van der Waals surface area contributed by atoms with Gasteiger partial charge in [-0.2, -0.15) is 13.2 Å². The summed E-state index contributed by atoms with van der Waals surface area (Å²) >= 11 is 0. The minimum atomic E-state index is -4.41. The van der Waals surface area contributed by atoms with Crippen LogP contribution in [0.4, 0.5) is 23.2 Å². The first-order valence-electron chi connectivity index (χ1n) is 8.70. The summed E-state index contributed by atoms with van der Waals surface area (Å²) in [5.74, 6) is -0.333. The molecular formula is C20H20F4N2O. The van der Waals surface area contributed by atoms with Gasteiger partial charge in [-0.15, -0.1) is 0 Å². The lowest BCUT2D eigenvalue weighted by atomic mass is 9.86. The van der Waals surface area contributed by atoms with E-state index in [1.54, 1.807) is 24.3 Å². The Hall–Kier alpha value is -2.41. The number of amides is 1. The number of hydrogen-bond donors (Lipinski definition) is 1. The van der Waals surface area contributed by atoms with Crippen molar-refractivity contribution in [3.05, 3.63) is 65.7 Å². The fourth-order valence-corrected chi connectivity index (χ4v) is 3.24. The number of rotatable bonds is 4. The van der Waals surface area contributed by atoms with Crippen molar-refractivity contribution in [1.29, 1.82) is 0 Å². The van der Waals surface area contributed by atoms with E-state index in [9.17, 15) is 18.0 Å². The average Bonchev–Trinajstić information content (AvgIpc) is 2.64. The van der Waals surface area contributed by atoms with Gasteiger partial charge >= 0.3 is 6.18 Å². The lowest BCUT2D eigenvalue weighted by molar-refractivity contribution is -0.137. The Morgan fingerprint density at radius 2 is 1.59 bits per heavy atom. The highest BCUT2D eigenvalue weighted by Crippen LogP contribution is 2.36. The van der Waals surface area contributed by atoms with Crippen molar-refractivity contribution in [2.45, 2.75) is 24.7 Å². The van der Waals surface area contributed by atoms with Gasteiger partial charge in [-0.05, 0) is 42.7 Å². The van der Waals surface area contributed by atoms with Crippen LogP contribution in [0.3, 0.4) is 0 Å². The van der Waals surface area contributed by atoms with Crippen molar-refractivity contribution in [1.82, 2.24) is 4.90 Å². The highest BCUT2D eigenvalue weighted by molar-refractivity contribution is 5.92. The van der Waals surface area contributed by atoms with Gasteiger partial charge in [0.05, 0.1) is 12.1 Å². The molecule has 0 atom stereocenters. The molecule has 1 heterocycles. The fraction of sp³-hybridized carbons (Fsp3) is 0.350. The van der Waals surface area contributed by atoms with Crippen molar-refractivity contribution >= 4 is 11.6 Å². The van der Waals surface area contributed by atoms with Gasteiger partial charge in [0, 0.05) is 18.8 Å². The van der Waals surface area contributed by atoms with Crippen molar-refractivity contribution in [3.63, 3.8) is 0 Å². The van der Waals surface area contributed by atoms with E-state index in [4.69, 9.17) is 0 Å². The number of carbonyl (C=O) groups is 1. The summed E-state index contributed by atoms with van der Waals surface area (Å²) in [7, 11) is 0. The van der Waals surface area contributed by atoms with E-state index < -0.39 is 17.4 Å². The normalized spacial score (nSPS) is 17.5. The topological polar surface area (TPSA) is 32.3 Å². The Morgan fingerprint density at radius 3 is 2.15 bits per heavy atom. The third kappa shape index (κ3) is 4.86. The van der Waals surface area contributed by atoms with Crippen LogP contribution in [0.2, 0.25) is 0 Å². The molecule has 0 bridgehead atoms. The largest absolute Gasteiger partial charge is 0.416 e. The molecular weight excluding hydrogens is 360 g/mol. The van der Waals surface area contributed by atoms with Crippen LogP contribution < -0.4 is 5.32 Å². The number of nitrogens with one attached hydrogen (secondary N) is 1. The quantitative estimate of drug-likeness (QED) is 0.786. The molecule has 2 aromatic carbocycles. The van der Waals surface area contributed by atoms with Crippen LogP contribution in [0.1, 0.15) is 24.0 Å². The number of hydrogen-bond acceptors (Lipinski definition) is 2. The molecule has 2 aromatic rings. The maximum Gasteiger partial charge on any atom is 0.416 e. The Labute approximate surface area is 155 Å². The molecule has 0 saturated carbocycles. The molecule has 144 valence electrons. The zero-order chi connectivity index (χ0) is 19.5. The Kier molecular flexibility index (Phi) is 5.51. The lowest BCUT2D eigenvalue weighted by Crippen LogP contribution is -2.43. The van der Waals surface area contributed by atoms with E-state index in [1.807, 2.05) is 11.0 Å². The Bertz CT molecular complexity index is 767. The van der Waals surface area contributed by atoms with Crippen molar-refractivity contribution in [2.75, 3.05) is 25.0 Å². The molecule has 1 N–H and O–H groups in total. The number of benzene rings is 2. The SMILES string of the molecule is O=C(CN1CCC(F)(c2ccccc2)CC1)Nc1ccc(C(F)(F)F)cc1. The standard InChI is InChI=1S/C20H20F4N2O/c21-19(15-4-2-1-3-5-15)10-12-26(13-11-19)14-18(27)25-17-8-6-16(7-9-17)20(22,23)24/h1-9H,10-14H2,(H,25,27). The number of halogens is 4. The van der Waals surface area contributed by atoms with E-state index in [2.05, 4.69) is 5.32 Å². The molecule has 1 fully saturated rings. The van der Waals surface area contributed by atoms with Crippen LogP contribution in [0, 0.1) is 0 Å².